The van der Waals surface area contributed by atoms with Crippen LogP contribution in [0.25, 0.3) is 0 Å². The fraction of sp³-hybridized carbons (Fsp3) is 0.846. The van der Waals surface area contributed by atoms with Crippen LogP contribution in [0.3, 0.4) is 0 Å². The van der Waals surface area contributed by atoms with E-state index in [1.165, 1.54) is 20.0 Å². The van der Waals surface area contributed by atoms with E-state index in [1.54, 1.807) is 0 Å². The van der Waals surface area contributed by atoms with Crippen molar-refractivity contribution < 1.29 is 28.9 Å². The average Bonchev–Trinajstić information content (AvgIpc) is 2.41. The summed E-state index contributed by atoms with van der Waals surface area (Å²) in [6.45, 7) is 3.15. The van der Waals surface area contributed by atoms with Crippen molar-refractivity contribution in [1.82, 2.24) is 0 Å². The first-order chi connectivity index (χ1) is 9.11. The number of esters is 2. The highest BCUT2D eigenvalue weighted by Gasteiger charge is 2.20. The van der Waals surface area contributed by atoms with E-state index < -0.39 is 24.5 Å². The molecular weight excluding hydrogens is 252 g/mol. The highest BCUT2D eigenvalue weighted by Crippen LogP contribution is 1.99. The van der Waals surface area contributed by atoms with Crippen molar-refractivity contribution in [2.24, 2.45) is 0 Å². The molecule has 0 radical (unpaired) electrons. The molecular formula is C13H24O6. The van der Waals surface area contributed by atoms with Crippen LogP contribution in [0.1, 0.15) is 39.0 Å². The molecule has 0 heterocycles. The Bertz CT molecular complexity index is 254. The molecule has 0 aliphatic heterocycles. The summed E-state index contributed by atoms with van der Waals surface area (Å²) in [5.41, 5.74) is 0. The highest BCUT2D eigenvalue weighted by atomic mass is 16.6. The third-order valence-corrected chi connectivity index (χ3v) is 2.47. The molecule has 0 saturated heterocycles. The Hall–Kier alpha value is -1.14. The van der Waals surface area contributed by atoms with Crippen LogP contribution in [-0.2, 0) is 23.8 Å². The summed E-state index contributed by atoms with van der Waals surface area (Å²) in [5, 5.41) is 9.30. The molecule has 6 heteroatoms. The number of unbranched alkanes of at least 4 members (excludes halogenated alkanes) is 3. The van der Waals surface area contributed by atoms with Crippen molar-refractivity contribution in [2.45, 2.75) is 45.1 Å². The maximum Gasteiger partial charge on any atom is 0.335 e. The lowest BCUT2D eigenvalue weighted by atomic mass is 10.2. The molecule has 0 rings (SSSR count). The first kappa shape index (κ1) is 17.9. The summed E-state index contributed by atoms with van der Waals surface area (Å²) in [4.78, 5) is 22.0. The molecule has 19 heavy (non-hydrogen) atoms. The first-order valence-electron chi connectivity index (χ1n) is 6.61. The van der Waals surface area contributed by atoms with Crippen LogP contribution in [0.2, 0.25) is 0 Å². The van der Waals surface area contributed by atoms with E-state index >= 15 is 0 Å². The lowest BCUT2D eigenvalue weighted by Crippen LogP contribution is -2.27. The van der Waals surface area contributed by atoms with Gasteiger partial charge in [-0.3, -0.25) is 4.79 Å². The summed E-state index contributed by atoms with van der Waals surface area (Å²) in [7, 11) is 1.19. The minimum absolute atomic E-state index is 0.0742. The Kier molecular flexibility index (Phi) is 11.2. The van der Waals surface area contributed by atoms with Crippen molar-refractivity contribution in [3.63, 3.8) is 0 Å². The van der Waals surface area contributed by atoms with Gasteiger partial charge >= 0.3 is 11.9 Å². The predicted molar refractivity (Wildman–Crippen MR) is 68.6 cm³/mol. The van der Waals surface area contributed by atoms with Crippen molar-refractivity contribution >= 4 is 11.9 Å². The van der Waals surface area contributed by atoms with E-state index in [-0.39, 0.29) is 6.61 Å². The summed E-state index contributed by atoms with van der Waals surface area (Å²) in [6.07, 6.45) is 2.62. The maximum absolute atomic E-state index is 11.2. The molecule has 0 amide bonds. The van der Waals surface area contributed by atoms with Crippen LogP contribution in [-0.4, -0.2) is 50.1 Å². The second-order valence-electron chi connectivity index (χ2n) is 4.14. The molecule has 1 N–H and O–H groups in total. The zero-order valence-corrected chi connectivity index (χ0v) is 11.7. The van der Waals surface area contributed by atoms with Crippen molar-refractivity contribution in [3.05, 3.63) is 0 Å². The molecule has 0 fully saturated rings. The van der Waals surface area contributed by atoms with E-state index in [1.807, 2.05) is 0 Å². The third kappa shape index (κ3) is 10.5. The minimum Gasteiger partial charge on any atom is -0.469 e. The van der Waals surface area contributed by atoms with Crippen LogP contribution >= 0.6 is 0 Å². The van der Waals surface area contributed by atoms with Crippen molar-refractivity contribution in [2.75, 3.05) is 26.9 Å². The number of aliphatic hydroxyl groups is 1. The van der Waals surface area contributed by atoms with Gasteiger partial charge in [-0.1, -0.05) is 26.2 Å². The Morgan fingerprint density at radius 3 is 2.47 bits per heavy atom. The number of ether oxygens (including phenoxy) is 3. The van der Waals surface area contributed by atoms with Crippen molar-refractivity contribution in [3.8, 4) is 0 Å². The Morgan fingerprint density at radius 2 is 1.84 bits per heavy atom. The molecule has 6 nitrogen and oxygen atoms in total. The average molecular weight is 276 g/mol. The van der Waals surface area contributed by atoms with Gasteiger partial charge in [0.2, 0.25) is 0 Å². The van der Waals surface area contributed by atoms with Crippen LogP contribution in [0, 0.1) is 0 Å². The monoisotopic (exact) mass is 276 g/mol. The molecule has 0 bridgehead atoms. The highest BCUT2D eigenvalue weighted by molar-refractivity contribution is 5.81. The Morgan fingerprint density at radius 1 is 1.11 bits per heavy atom. The lowest BCUT2D eigenvalue weighted by molar-refractivity contribution is -0.160. The first-order valence-corrected chi connectivity index (χ1v) is 6.61. The van der Waals surface area contributed by atoms with Gasteiger partial charge in [-0.2, -0.15) is 0 Å². The number of methoxy groups -OCH3 is 1. The molecule has 112 valence electrons. The zero-order valence-electron chi connectivity index (χ0n) is 11.7. The quantitative estimate of drug-likeness (QED) is 0.449. The van der Waals surface area contributed by atoms with Crippen LogP contribution in [0.15, 0.2) is 0 Å². The van der Waals surface area contributed by atoms with E-state index in [0.717, 1.165) is 12.8 Å². The normalized spacial score (nSPS) is 11.9. The van der Waals surface area contributed by atoms with Gasteiger partial charge in [-0.15, -0.1) is 0 Å². The zero-order chi connectivity index (χ0) is 14.5. The van der Waals surface area contributed by atoms with Gasteiger partial charge in [0.1, 0.15) is 6.61 Å². The second kappa shape index (κ2) is 11.9. The van der Waals surface area contributed by atoms with Gasteiger partial charge in [-0.25, -0.2) is 4.79 Å². The molecule has 0 spiro atoms. The number of carbonyl (C=O) groups excluding carboxylic acids is 2. The standard InChI is InChI=1S/C13H24O6/c1-3-4-5-6-7-18-8-9-19-13(16)11(14)10-12(15)17-2/h11,14H,3-10H2,1-2H3. The van der Waals surface area contributed by atoms with Crippen molar-refractivity contribution in [1.29, 1.82) is 0 Å². The van der Waals surface area contributed by atoms with Gasteiger partial charge in [0.25, 0.3) is 0 Å². The topological polar surface area (TPSA) is 82.1 Å². The van der Waals surface area contributed by atoms with Gasteiger partial charge in [0, 0.05) is 6.61 Å². The fourth-order valence-corrected chi connectivity index (χ4v) is 1.35. The van der Waals surface area contributed by atoms with Crippen LogP contribution < -0.4 is 0 Å². The van der Waals surface area contributed by atoms with E-state index in [4.69, 9.17) is 9.47 Å². The smallest absolute Gasteiger partial charge is 0.335 e. The molecule has 0 aromatic heterocycles. The fourth-order valence-electron chi connectivity index (χ4n) is 1.35. The lowest BCUT2D eigenvalue weighted by Gasteiger charge is -2.09. The number of hydrogen-bond acceptors (Lipinski definition) is 6. The van der Waals surface area contributed by atoms with Gasteiger partial charge in [-0.05, 0) is 6.42 Å². The van der Waals surface area contributed by atoms with E-state index in [0.29, 0.717) is 13.2 Å². The summed E-state index contributed by atoms with van der Waals surface area (Å²) >= 11 is 0. The van der Waals surface area contributed by atoms with Crippen LogP contribution in [0.5, 0.6) is 0 Å². The molecule has 0 aromatic carbocycles. The summed E-state index contributed by atoms with van der Waals surface area (Å²) in [6, 6.07) is 0. The SMILES string of the molecule is CCCCCCOCCOC(=O)C(O)CC(=O)OC. The maximum atomic E-state index is 11.2. The minimum atomic E-state index is -1.47. The number of hydrogen-bond donors (Lipinski definition) is 1. The summed E-state index contributed by atoms with van der Waals surface area (Å²) < 4.78 is 14.3. The molecule has 1 unspecified atom stereocenters. The van der Waals surface area contributed by atoms with Gasteiger partial charge in [0.15, 0.2) is 6.10 Å². The van der Waals surface area contributed by atoms with Gasteiger partial charge < -0.3 is 19.3 Å². The molecule has 0 aliphatic rings. The molecule has 0 aliphatic carbocycles. The second-order valence-corrected chi connectivity index (χ2v) is 4.14. The third-order valence-electron chi connectivity index (χ3n) is 2.47. The predicted octanol–water partition coefficient (Wildman–Crippen LogP) is 1.05. The molecule has 0 aromatic rings. The Balaban J connectivity index is 3.45. The number of rotatable bonds is 11. The molecule has 0 saturated carbocycles. The summed E-state index contributed by atoms with van der Waals surface area (Å²) in [5.74, 6) is -1.49. The molecule has 1 atom stereocenters. The number of aliphatic hydroxyl groups excluding tert-OH is 1. The largest absolute Gasteiger partial charge is 0.469 e. The number of carbonyl (C=O) groups is 2. The van der Waals surface area contributed by atoms with E-state index in [2.05, 4.69) is 11.7 Å². The van der Waals surface area contributed by atoms with Gasteiger partial charge in [0.05, 0.1) is 20.1 Å². The Labute approximate surface area is 114 Å². The van der Waals surface area contributed by atoms with E-state index in [9.17, 15) is 14.7 Å². The van der Waals surface area contributed by atoms with Crippen LogP contribution in [0.4, 0.5) is 0 Å².